The van der Waals surface area contributed by atoms with Gasteiger partial charge in [0, 0.05) is 5.92 Å². The van der Waals surface area contributed by atoms with Gasteiger partial charge < -0.3 is 10.5 Å². The molecule has 3 aromatic carbocycles. The highest BCUT2D eigenvalue weighted by atomic mass is 16.5. The fourth-order valence-corrected chi connectivity index (χ4v) is 3.23. The molecule has 0 heterocycles. The van der Waals surface area contributed by atoms with Crippen LogP contribution in [0.4, 0.5) is 0 Å². The van der Waals surface area contributed by atoms with Gasteiger partial charge in [0.2, 0.25) is 0 Å². The molecule has 0 aliphatic heterocycles. The number of nitrogens with two attached hydrogens (primary N) is 1. The maximum absolute atomic E-state index is 6.08. The third kappa shape index (κ3) is 4.71. The molecule has 0 aromatic heterocycles. The van der Waals surface area contributed by atoms with Gasteiger partial charge in [-0.2, -0.15) is 0 Å². The van der Waals surface area contributed by atoms with Crippen LogP contribution in [0.2, 0.25) is 0 Å². The van der Waals surface area contributed by atoms with Crippen LogP contribution >= 0.6 is 0 Å². The van der Waals surface area contributed by atoms with Gasteiger partial charge in [-0.1, -0.05) is 59.7 Å². The monoisotopic (exact) mass is 331 g/mol. The summed E-state index contributed by atoms with van der Waals surface area (Å²) in [6.07, 6.45) is 0.908. The Morgan fingerprint density at radius 3 is 2.16 bits per heavy atom. The topological polar surface area (TPSA) is 35.2 Å². The molecule has 0 saturated carbocycles. The second-order valence-corrected chi connectivity index (χ2v) is 6.62. The molecule has 0 amide bonds. The average Bonchev–Trinajstić information content (AvgIpc) is 2.60. The molecule has 128 valence electrons. The van der Waals surface area contributed by atoms with Crippen molar-refractivity contribution in [2.75, 3.05) is 6.54 Å². The lowest BCUT2D eigenvalue weighted by molar-refractivity contribution is 0.481. The summed E-state index contributed by atoms with van der Waals surface area (Å²) in [6.45, 7) is 4.91. The normalized spacial score (nSPS) is 12.0. The van der Waals surface area contributed by atoms with Crippen LogP contribution in [0.3, 0.4) is 0 Å². The van der Waals surface area contributed by atoms with Crippen molar-refractivity contribution < 1.29 is 4.74 Å². The van der Waals surface area contributed by atoms with Crippen LogP contribution in [0.5, 0.6) is 11.5 Å². The largest absolute Gasteiger partial charge is 0.457 e. The van der Waals surface area contributed by atoms with Gasteiger partial charge in [0.05, 0.1) is 0 Å². The molecule has 0 bridgehead atoms. The second kappa shape index (κ2) is 8.00. The third-order valence-electron chi connectivity index (χ3n) is 4.36. The lowest BCUT2D eigenvalue weighted by atomic mass is 9.90. The molecule has 2 N–H and O–H groups in total. The van der Waals surface area contributed by atoms with Gasteiger partial charge in [0.25, 0.3) is 0 Å². The molecule has 0 saturated heterocycles. The highest BCUT2D eigenvalue weighted by molar-refractivity contribution is 5.36. The van der Waals surface area contributed by atoms with Crippen LogP contribution < -0.4 is 10.5 Å². The molecule has 0 aliphatic carbocycles. The highest BCUT2D eigenvalue weighted by Crippen LogP contribution is 2.26. The fourth-order valence-electron chi connectivity index (χ4n) is 3.23. The zero-order valence-corrected chi connectivity index (χ0v) is 14.9. The summed E-state index contributed by atoms with van der Waals surface area (Å²) < 4.78 is 5.95. The summed E-state index contributed by atoms with van der Waals surface area (Å²) in [4.78, 5) is 0. The van der Waals surface area contributed by atoms with E-state index in [1.165, 1.54) is 22.3 Å². The first-order valence-corrected chi connectivity index (χ1v) is 8.74. The predicted molar refractivity (Wildman–Crippen MR) is 104 cm³/mol. The van der Waals surface area contributed by atoms with Crippen LogP contribution in [0.1, 0.15) is 28.2 Å². The molecule has 0 aliphatic rings. The summed E-state index contributed by atoms with van der Waals surface area (Å²) in [7, 11) is 0. The van der Waals surface area contributed by atoms with Gasteiger partial charge in [0.15, 0.2) is 0 Å². The van der Waals surface area contributed by atoms with E-state index in [-0.39, 0.29) is 0 Å². The van der Waals surface area contributed by atoms with Gasteiger partial charge in [-0.25, -0.2) is 0 Å². The zero-order valence-electron chi connectivity index (χ0n) is 14.9. The Kier molecular flexibility index (Phi) is 5.52. The first-order valence-electron chi connectivity index (χ1n) is 8.74. The van der Waals surface area contributed by atoms with Gasteiger partial charge in [-0.15, -0.1) is 0 Å². The van der Waals surface area contributed by atoms with E-state index in [2.05, 4.69) is 44.2 Å². The van der Waals surface area contributed by atoms with E-state index >= 15 is 0 Å². The summed E-state index contributed by atoms with van der Waals surface area (Å²) >= 11 is 0. The van der Waals surface area contributed by atoms with E-state index in [0.29, 0.717) is 12.5 Å². The molecular weight excluding hydrogens is 306 g/mol. The van der Waals surface area contributed by atoms with Crippen molar-refractivity contribution in [2.45, 2.75) is 26.2 Å². The molecule has 3 rings (SSSR count). The lowest BCUT2D eigenvalue weighted by Crippen LogP contribution is -2.15. The minimum absolute atomic E-state index is 0.311. The minimum atomic E-state index is 0.311. The maximum atomic E-state index is 6.08. The number of ether oxygens (including phenoxy) is 1. The molecule has 0 fully saturated rings. The summed E-state index contributed by atoms with van der Waals surface area (Å²) in [5.74, 6) is 2.02. The summed E-state index contributed by atoms with van der Waals surface area (Å²) in [5, 5.41) is 0. The number of hydrogen-bond acceptors (Lipinski definition) is 2. The van der Waals surface area contributed by atoms with Crippen LogP contribution in [0, 0.1) is 13.8 Å². The molecule has 0 spiro atoms. The average molecular weight is 331 g/mol. The van der Waals surface area contributed by atoms with Crippen molar-refractivity contribution in [3.8, 4) is 11.5 Å². The Bertz CT molecular complexity index is 806. The van der Waals surface area contributed by atoms with Crippen LogP contribution in [-0.2, 0) is 6.42 Å². The van der Waals surface area contributed by atoms with E-state index < -0.39 is 0 Å². The molecule has 25 heavy (non-hydrogen) atoms. The Hall–Kier alpha value is -2.58. The summed E-state index contributed by atoms with van der Waals surface area (Å²) in [5.41, 5.74) is 11.2. The van der Waals surface area contributed by atoms with E-state index in [0.717, 1.165) is 17.9 Å². The highest BCUT2D eigenvalue weighted by Gasteiger charge is 2.12. The Balaban J connectivity index is 1.78. The minimum Gasteiger partial charge on any atom is -0.457 e. The fraction of sp³-hybridized carbons (Fsp3) is 0.217. The lowest BCUT2D eigenvalue weighted by Gasteiger charge is -2.17. The van der Waals surface area contributed by atoms with Crippen molar-refractivity contribution in [3.63, 3.8) is 0 Å². The predicted octanol–water partition coefficient (Wildman–Crippen LogP) is 5.38. The second-order valence-electron chi connectivity index (χ2n) is 6.62. The first kappa shape index (κ1) is 17.2. The van der Waals surface area contributed by atoms with Crippen molar-refractivity contribution >= 4 is 0 Å². The van der Waals surface area contributed by atoms with Crippen LogP contribution in [0.15, 0.2) is 72.8 Å². The Labute approximate surface area is 150 Å². The van der Waals surface area contributed by atoms with Crippen LogP contribution in [0.25, 0.3) is 0 Å². The SMILES string of the molecule is Cc1cc(C)cc(C(CN)Cc2cccc(Oc3ccccc3)c2)c1. The molecule has 2 heteroatoms. The van der Waals surface area contributed by atoms with E-state index in [9.17, 15) is 0 Å². The van der Waals surface area contributed by atoms with Gasteiger partial charge in [-0.3, -0.25) is 0 Å². The van der Waals surface area contributed by atoms with Crippen LogP contribution in [-0.4, -0.2) is 6.54 Å². The standard InChI is InChI=1S/C23H25NO/c1-17-11-18(2)13-20(12-17)21(16-24)14-19-7-6-10-23(15-19)25-22-8-4-3-5-9-22/h3-13,15,21H,14,16,24H2,1-2H3. The molecule has 3 aromatic rings. The summed E-state index contributed by atoms with van der Waals surface area (Å²) in [6, 6.07) is 24.8. The third-order valence-corrected chi connectivity index (χ3v) is 4.36. The number of hydrogen-bond donors (Lipinski definition) is 1. The van der Waals surface area contributed by atoms with Crippen molar-refractivity contribution in [1.82, 2.24) is 0 Å². The Morgan fingerprint density at radius 2 is 1.48 bits per heavy atom. The van der Waals surface area contributed by atoms with Gasteiger partial charge >= 0.3 is 0 Å². The molecule has 1 unspecified atom stereocenters. The molecular formula is C23H25NO. The number of benzene rings is 3. The van der Waals surface area contributed by atoms with Gasteiger partial charge in [0.1, 0.15) is 11.5 Å². The first-order chi connectivity index (χ1) is 12.1. The van der Waals surface area contributed by atoms with Crippen molar-refractivity contribution in [1.29, 1.82) is 0 Å². The maximum Gasteiger partial charge on any atom is 0.127 e. The van der Waals surface area contributed by atoms with E-state index in [4.69, 9.17) is 10.5 Å². The quantitative estimate of drug-likeness (QED) is 0.658. The number of aryl methyl sites for hydroxylation is 2. The molecule has 2 nitrogen and oxygen atoms in total. The zero-order chi connectivity index (χ0) is 17.6. The van der Waals surface area contributed by atoms with E-state index in [1.54, 1.807) is 0 Å². The van der Waals surface area contributed by atoms with E-state index in [1.807, 2.05) is 42.5 Å². The molecule has 1 atom stereocenters. The van der Waals surface area contributed by atoms with Gasteiger partial charge in [-0.05, 0) is 62.2 Å². The molecule has 0 radical (unpaired) electrons. The number of para-hydroxylation sites is 1. The number of rotatable bonds is 6. The smallest absolute Gasteiger partial charge is 0.127 e. The Morgan fingerprint density at radius 1 is 0.800 bits per heavy atom. The van der Waals surface area contributed by atoms with Crippen molar-refractivity contribution in [3.05, 3.63) is 95.1 Å². The van der Waals surface area contributed by atoms with Crippen molar-refractivity contribution in [2.24, 2.45) is 5.73 Å².